The monoisotopic (exact) mass is 271 g/mol. The van der Waals surface area contributed by atoms with E-state index >= 15 is 0 Å². The van der Waals surface area contributed by atoms with Crippen molar-refractivity contribution in [1.82, 2.24) is 5.32 Å². The van der Waals surface area contributed by atoms with Crippen LogP contribution in [0.15, 0.2) is 18.2 Å². The number of hydrogen-bond donors (Lipinski definition) is 2. The van der Waals surface area contributed by atoms with Gasteiger partial charge in [0.25, 0.3) is 5.91 Å². The number of aliphatic carboxylic acids is 1. The summed E-state index contributed by atoms with van der Waals surface area (Å²) in [5.74, 6) is -1.48. The lowest BCUT2D eigenvalue weighted by molar-refractivity contribution is -0.139. The molecular weight excluding hydrogens is 257 g/mol. The molecule has 6 nitrogen and oxygen atoms in total. The maximum Gasteiger partial charge on any atom is 0.328 e. The Morgan fingerprint density at radius 3 is 2.53 bits per heavy atom. The van der Waals surface area contributed by atoms with Gasteiger partial charge in [0.2, 0.25) is 0 Å². The molecule has 0 aliphatic heterocycles. The van der Waals surface area contributed by atoms with E-state index in [2.05, 4.69) is 5.32 Å². The van der Waals surface area contributed by atoms with Gasteiger partial charge in [-0.25, -0.2) is 9.18 Å². The van der Waals surface area contributed by atoms with Crippen molar-refractivity contribution in [2.75, 3.05) is 20.9 Å². The van der Waals surface area contributed by atoms with Gasteiger partial charge in [0.15, 0.2) is 6.04 Å². The SMILES string of the molecule is COc1ccc(C(=O)NC(CF)C(=O)O)c(OC)c1. The van der Waals surface area contributed by atoms with E-state index in [4.69, 9.17) is 14.6 Å². The summed E-state index contributed by atoms with van der Waals surface area (Å²) < 4.78 is 22.4. The van der Waals surface area contributed by atoms with E-state index in [9.17, 15) is 14.0 Å². The van der Waals surface area contributed by atoms with Gasteiger partial charge < -0.3 is 19.9 Å². The molecule has 0 bridgehead atoms. The summed E-state index contributed by atoms with van der Waals surface area (Å²) >= 11 is 0. The Morgan fingerprint density at radius 1 is 1.37 bits per heavy atom. The van der Waals surface area contributed by atoms with Gasteiger partial charge in [-0.05, 0) is 12.1 Å². The molecule has 0 aromatic heterocycles. The van der Waals surface area contributed by atoms with Crippen LogP contribution in [0.4, 0.5) is 4.39 Å². The predicted octanol–water partition coefficient (Wildman–Crippen LogP) is 0.856. The molecule has 1 rings (SSSR count). The number of nitrogens with one attached hydrogen (secondary N) is 1. The summed E-state index contributed by atoms with van der Waals surface area (Å²) in [7, 11) is 2.81. The first-order chi connectivity index (χ1) is 9.03. The van der Waals surface area contributed by atoms with Crippen LogP contribution in [0.2, 0.25) is 0 Å². The molecule has 0 aliphatic carbocycles. The number of hydrogen-bond acceptors (Lipinski definition) is 4. The van der Waals surface area contributed by atoms with Crippen LogP contribution in [0, 0.1) is 0 Å². The van der Waals surface area contributed by atoms with Crippen LogP contribution in [-0.4, -0.2) is 43.9 Å². The Hall–Kier alpha value is -2.31. The number of benzene rings is 1. The number of carbonyl (C=O) groups excluding carboxylic acids is 1. The summed E-state index contributed by atoms with van der Waals surface area (Å²) in [6.45, 7) is -1.19. The number of carbonyl (C=O) groups is 2. The van der Waals surface area contributed by atoms with Crippen molar-refractivity contribution in [1.29, 1.82) is 0 Å². The van der Waals surface area contributed by atoms with Crippen LogP contribution in [0.3, 0.4) is 0 Å². The summed E-state index contributed by atoms with van der Waals surface area (Å²) in [5.41, 5.74) is 0.100. The Balaban J connectivity index is 2.96. The molecule has 0 saturated carbocycles. The summed E-state index contributed by atoms with van der Waals surface area (Å²) in [6, 6.07) is 2.81. The molecule has 1 aromatic rings. The second-order valence-corrected chi connectivity index (χ2v) is 3.58. The molecule has 0 radical (unpaired) electrons. The van der Waals surface area contributed by atoms with Crippen molar-refractivity contribution >= 4 is 11.9 Å². The topological polar surface area (TPSA) is 84.9 Å². The van der Waals surface area contributed by atoms with Crippen molar-refractivity contribution in [3.63, 3.8) is 0 Å². The number of methoxy groups -OCH3 is 2. The molecule has 104 valence electrons. The average molecular weight is 271 g/mol. The van der Waals surface area contributed by atoms with Crippen molar-refractivity contribution in [2.45, 2.75) is 6.04 Å². The third kappa shape index (κ3) is 3.57. The normalized spacial score (nSPS) is 11.5. The Kier molecular flexibility index (Phi) is 5.11. The third-order valence-corrected chi connectivity index (χ3v) is 2.41. The maximum absolute atomic E-state index is 12.4. The first-order valence-corrected chi connectivity index (χ1v) is 5.35. The molecule has 0 heterocycles. The lowest BCUT2D eigenvalue weighted by atomic mass is 10.1. The number of rotatable bonds is 6. The smallest absolute Gasteiger partial charge is 0.328 e. The van der Waals surface area contributed by atoms with Gasteiger partial charge in [0.05, 0.1) is 19.8 Å². The van der Waals surface area contributed by atoms with Crippen LogP contribution in [-0.2, 0) is 4.79 Å². The highest BCUT2D eigenvalue weighted by atomic mass is 19.1. The number of alkyl halides is 1. The lowest BCUT2D eigenvalue weighted by Crippen LogP contribution is -2.42. The molecular formula is C12H14FNO5. The van der Waals surface area contributed by atoms with Crippen LogP contribution in [0.25, 0.3) is 0 Å². The maximum atomic E-state index is 12.4. The van der Waals surface area contributed by atoms with Gasteiger partial charge >= 0.3 is 5.97 Å². The van der Waals surface area contributed by atoms with Gasteiger partial charge in [-0.1, -0.05) is 0 Å². The fourth-order valence-electron chi connectivity index (χ4n) is 1.39. The highest BCUT2D eigenvalue weighted by Gasteiger charge is 2.22. The number of ether oxygens (including phenoxy) is 2. The Bertz CT molecular complexity index is 477. The van der Waals surface area contributed by atoms with E-state index in [1.807, 2.05) is 0 Å². The van der Waals surface area contributed by atoms with Crippen LogP contribution in [0.5, 0.6) is 11.5 Å². The molecule has 1 atom stereocenters. The second kappa shape index (κ2) is 6.58. The molecule has 1 unspecified atom stereocenters. The largest absolute Gasteiger partial charge is 0.497 e. The number of carboxylic acids is 1. The Morgan fingerprint density at radius 2 is 2.05 bits per heavy atom. The quantitative estimate of drug-likeness (QED) is 0.801. The van der Waals surface area contributed by atoms with Crippen molar-refractivity contribution < 1.29 is 28.6 Å². The Labute approximate surface area is 109 Å². The standard InChI is InChI=1S/C12H14FNO5/c1-18-7-3-4-8(10(5-7)19-2)11(15)14-9(6-13)12(16)17/h3-5,9H,6H2,1-2H3,(H,14,15)(H,16,17). The fourth-order valence-corrected chi connectivity index (χ4v) is 1.39. The molecule has 0 saturated heterocycles. The van der Waals surface area contributed by atoms with E-state index in [1.54, 1.807) is 0 Å². The van der Waals surface area contributed by atoms with Gasteiger partial charge in [0.1, 0.15) is 18.2 Å². The molecule has 0 fully saturated rings. The fraction of sp³-hybridized carbons (Fsp3) is 0.333. The highest BCUT2D eigenvalue weighted by Crippen LogP contribution is 2.24. The van der Waals surface area contributed by atoms with E-state index in [0.29, 0.717) is 5.75 Å². The van der Waals surface area contributed by atoms with Crippen molar-refractivity contribution in [3.8, 4) is 11.5 Å². The summed E-state index contributed by atoms with van der Waals surface area (Å²) in [4.78, 5) is 22.5. The highest BCUT2D eigenvalue weighted by molar-refractivity contribution is 5.99. The van der Waals surface area contributed by atoms with E-state index in [-0.39, 0.29) is 11.3 Å². The molecule has 1 amide bonds. The number of halogens is 1. The van der Waals surface area contributed by atoms with Crippen LogP contribution < -0.4 is 14.8 Å². The molecule has 2 N–H and O–H groups in total. The lowest BCUT2D eigenvalue weighted by Gasteiger charge is -2.13. The van der Waals surface area contributed by atoms with Gasteiger partial charge in [-0.2, -0.15) is 0 Å². The first kappa shape index (κ1) is 14.7. The van der Waals surface area contributed by atoms with E-state index in [1.165, 1.54) is 32.4 Å². The predicted molar refractivity (Wildman–Crippen MR) is 64.4 cm³/mol. The van der Waals surface area contributed by atoms with E-state index in [0.717, 1.165) is 0 Å². The summed E-state index contributed by atoms with van der Waals surface area (Å²) in [6.07, 6.45) is 0. The third-order valence-electron chi connectivity index (χ3n) is 2.41. The number of amides is 1. The van der Waals surface area contributed by atoms with E-state index < -0.39 is 24.6 Å². The van der Waals surface area contributed by atoms with Crippen LogP contribution >= 0.6 is 0 Å². The number of carboxylic acid groups (broad SMARTS) is 1. The minimum atomic E-state index is -1.58. The van der Waals surface area contributed by atoms with Gasteiger partial charge in [-0.15, -0.1) is 0 Å². The molecule has 7 heteroatoms. The molecule has 0 aliphatic rings. The minimum Gasteiger partial charge on any atom is -0.497 e. The van der Waals surface area contributed by atoms with Gasteiger partial charge in [-0.3, -0.25) is 4.79 Å². The van der Waals surface area contributed by atoms with Gasteiger partial charge in [0, 0.05) is 6.07 Å². The van der Waals surface area contributed by atoms with Crippen molar-refractivity contribution in [2.24, 2.45) is 0 Å². The molecule has 0 spiro atoms. The first-order valence-electron chi connectivity index (χ1n) is 5.35. The molecule has 19 heavy (non-hydrogen) atoms. The summed E-state index contributed by atoms with van der Waals surface area (Å²) in [5, 5.41) is 10.7. The minimum absolute atomic E-state index is 0.100. The zero-order chi connectivity index (χ0) is 14.4. The zero-order valence-corrected chi connectivity index (χ0v) is 10.5. The molecule has 1 aromatic carbocycles. The zero-order valence-electron chi connectivity index (χ0n) is 10.5. The second-order valence-electron chi connectivity index (χ2n) is 3.58. The van der Waals surface area contributed by atoms with Crippen molar-refractivity contribution in [3.05, 3.63) is 23.8 Å². The van der Waals surface area contributed by atoms with Crippen LogP contribution in [0.1, 0.15) is 10.4 Å². The average Bonchev–Trinajstić information content (AvgIpc) is 2.43.